The molecular weight excluding hydrogens is 354 g/mol. The Bertz CT molecular complexity index is 980. The summed E-state index contributed by atoms with van der Waals surface area (Å²) in [6, 6.07) is 16.8. The molecular formula is C19H14ClN3OS. The first-order valence-corrected chi connectivity index (χ1v) is 8.91. The molecule has 0 saturated carbocycles. The molecule has 2 aromatic carbocycles. The highest BCUT2D eigenvalue weighted by molar-refractivity contribution is 8.00. The van der Waals surface area contributed by atoms with E-state index in [1.807, 2.05) is 31.2 Å². The minimum atomic E-state index is -0.165. The van der Waals surface area contributed by atoms with E-state index < -0.39 is 0 Å². The molecule has 1 aromatic heterocycles. The van der Waals surface area contributed by atoms with Gasteiger partial charge in [-0.05, 0) is 49.4 Å². The summed E-state index contributed by atoms with van der Waals surface area (Å²) in [5, 5.41) is 14.2. The molecule has 3 aromatic rings. The summed E-state index contributed by atoms with van der Waals surface area (Å²) in [5.74, 6) is 0.00353. The maximum Gasteiger partial charge on any atom is 0.234 e. The molecule has 1 N–H and O–H groups in total. The van der Waals surface area contributed by atoms with Crippen molar-refractivity contribution in [3.05, 3.63) is 64.7 Å². The van der Waals surface area contributed by atoms with E-state index in [0.717, 1.165) is 16.5 Å². The Hall–Kier alpha value is -2.55. The molecule has 4 nitrogen and oxygen atoms in total. The van der Waals surface area contributed by atoms with Crippen LogP contribution in [0, 0.1) is 18.3 Å². The lowest BCUT2D eigenvalue weighted by atomic mass is 10.1. The van der Waals surface area contributed by atoms with Gasteiger partial charge in [0.2, 0.25) is 5.91 Å². The van der Waals surface area contributed by atoms with Crippen LogP contribution in [0.1, 0.15) is 11.1 Å². The van der Waals surface area contributed by atoms with E-state index in [-0.39, 0.29) is 11.7 Å². The second-order valence-electron chi connectivity index (χ2n) is 5.49. The number of aryl methyl sites for hydroxylation is 1. The van der Waals surface area contributed by atoms with Gasteiger partial charge in [-0.15, -0.1) is 0 Å². The number of hydrogen-bond donors (Lipinski definition) is 1. The molecule has 1 amide bonds. The number of rotatable bonds is 4. The molecule has 1 heterocycles. The van der Waals surface area contributed by atoms with E-state index in [4.69, 9.17) is 11.6 Å². The maximum absolute atomic E-state index is 12.1. The summed E-state index contributed by atoms with van der Waals surface area (Å²) in [5.41, 5.74) is 3.07. The van der Waals surface area contributed by atoms with Crippen LogP contribution in [0.2, 0.25) is 5.02 Å². The van der Waals surface area contributed by atoms with Crippen molar-refractivity contribution < 1.29 is 4.79 Å². The first kappa shape index (κ1) is 17.3. The van der Waals surface area contributed by atoms with Crippen molar-refractivity contribution in [2.75, 3.05) is 11.1 Å². The summed E-state index contributed by atoms with van der Waals surface area (Å²) >= 11 is 7.07. The quantitative estimate of drug-likeness (QED) is 0.672. The predicted molar refractivity (Wildman–Crippen MR) is 102 cm³/mol. The molecule has 0 bridgehead atoms. The number of thioether (sulfide) groups is 1. The van der Waals surface area contributed by atoms with E-state index >= 15 is 0 Å². The Morgan fingerprint density at radius 2 is 2.00 bits per heavy atom. The summed E-state index contributed by atoms with van der Waals surface area (Å²) in [4.78, 5) is 16.6. The van der Waals surface area contributed by atoms with Crippen molar-refractivity contribution in [2.45, 2.75) is 11.9 Å². The molecule has 0 aliphatic rings. The minimum Gasteiger partial charge on any atom is -0.325 e. The number of nitrogens with one attached hydrogen (secondary N) is 1. The van der Waals surface area contributed by atoms with Crippen LogP contribution < -0.4 is 5.32 Å². The number of halogens is 1. The lowest BCUT2D eigenvalue weighted by molar-refractivity contribution is -0.113. The highest BCUT2D eigenvalue weighted by atomic mass is 35.5. The first-order chi connectivity index (χ1) is 12.0. The average Bonchev–Trinajstić information content (AvgIpc) is 2.61. The number of nitrogens with zero attached hydrogens (tertiary/aromatic N) is 2. The third kappa shape index (κ3) is 4.30. The predicted octanol–water partition coefficient (Wildman–Crippen LogP) is 4.80. The number of carbonyl (C=O) groups excluding carboxylic acids is 1. The Morgan fingerprint density at radius 1 is 1.24 bits per heavy atom. The maximum atomic E-state index is 12.1. The smallest absolute Gasteiger partial charge is 0.234 e. The highest BCUT2D eigenvalue weighted by Crippen LogP contribution is 2.25. The van der Waals surface area contributed by atoms with E-state index in [2.05, 4.69) is 16.4 Å². The van der Waals surface area contributed by atoms with Crippen LogP contribution in [-0.2, 0) is 4.79 Å². The second-order valence-corrected chi connectivity index (χ2v) is 6.89. The molecule has 0 aliphatic heterocycles. The number of amides is 1. The van der Waals surface area contributed by atoms with Crippen molar-refractivity contribution >= 4 is 45.9 Å². The molecule has 0 fully saturated rings. The number of nitriles is 1. The third-order valence-electron chi connectivity index (χ3n) is 3.52. The van der Waals surface area contributed by atoms with E-state index in [1.54, 1.807) is 24.3 Å². The fourth-order valence-corrected chi connectivity index (χ4v) is 3.22. The lowest BCUT2D eigenvalue weighted by Crippen LogP contribution is -2.14. The van der Waals surface area contributed by atoms with Gasteiger partial charge in [0.25, 0.3) is 0 Å². The number of benzene rings is 2. The van der Waals surface area contributed by atoms with Crippen molar-refractivity contribution in [3.8, 4) is 6.07 Å². The van der Waals surface area contributed by atoms with Gasteiger partial charge < -0.3 is 5.32 Å². The molecule has 6 heteroatoms. The van der Waals surface area contributed by atoms with E-state index in [1.165, 1.54) is 11.8 Å². The molecule has 25 heavy (non-hydrogen) atoms. The van der Waals surface area contributed by atoms with E-state index in [0.29, 0.717) is 21.3 Å². The molecule has 124 valence electrons. The van der Waals surface area contributed by atoms with Gasteiger partial charge in [-0.2, -0.15) is 5.26 Å². The topological polar surface area (TPSA) is 65.8 Å². The van der Waals surface area contributed by atoms with Gasteiger partial charge in [0.15, 0.2) is 0 Å². The van der Waals surface area contributed by atoms with Gasteiger partial charge >= 0.3 is 0 Å². The van der Waals surface area contributed by atoms with Crippen molar-refractivity contribution in [2.24, 2.45) is 0 Å². The van der Waals surface area contributed by atoms with Crippen molar-refractivity contribution in [3.63, 3.8) is 0 Å². The minimum absolute atomic E-state index is 0.165. The molecule has 0 saturated heterocycles. The summed E-state index contributed by atoms with van der Waals surface area (Å²) in [6.45, 7) is 2.00. The molecule has 3 rings (SSSR count). The number of anilines is 1. The molecule has 0 unspecified atom stereocenters. The number of carbonyl (C=O) groups is 1. The zero-order chi connectivity index (χ0) is 17.8. The molecule has 0 spiro atoms. The highest BCUT2D eigenvalue weighted by Gasteiger charge is 2.10. The van der Waals surface area contributed by atoms with Crippen LogP contribution in [0.5, 0.6) is 0 Å². The van der Waals surface area contributed by atoms with Crippen LogP contribution in [0.3, 0.4) is 0 Å². The van der Waals surface area contributed by atoms with Crippen LogP contribution in [0.25, 0.3) is 10.9 Å². The Kier molecular flexibility index (Phi) is 5.22. The van der Waals surface area contributed by atoms with Crippen molar-refractivity contribution in [1.82, 2.24) is 4.98 Å². The van der Waals surface area contributed by atoms with Crippen molar-refractivity contribution in [1.29, 1.82) is 5.26 Å². The fraction of sp³-hybridized carbons (Fsp3) is 0.105. The van der Waals surface area contributed by atoms with Gasteiger partial charge in [0, 0.05) is 16.1 Å². The Labute approximate surface area is 154 Å². The number of aromatic nitrogens is 1. The normalized spacial score (nSPS) is 10.4. The fourth-order valence-electron chi connectivity index (χ4n) is 2.33. The molecule has 0 atom stereocenters. The first-order valence-electron chi connectivity index (χ1n) is 7.55. The van der Waals surface area contributed by atoms with Crippen LogP contribution in [-0.4, -0.2) is 16.6 Å². The van der Waals surface area contributed by atoms with Crippen LogP contribution >= 0.6 is 23.4 Å². The summed E-state index contributed by atoms with van der Waals surface area (Å²) in [6.07, 6.45) is 0. The summed E-state index contributed by atoms with van der Waals surface area (Å²) < 4.78 is 0. The largest absolute Gasteiger partial charge is 0.325 e. The Morgan fingerprint density at radius 3 is 2.72 bits per heavy atom. The number of hydrogen-bond acceptors (Lipinski definition) is 4. The zero-order valence-corrected chi connectivity index (χ0v) is 15.0. The monoisotopic (exact) mass is 367 g/mol. The second kappa shape index (κ2) is 7.56. The number of fused-ring (bicyclic) bond motifs is 1. The van der Waals surface area contributed by atoms with Gasteiger partial charge in [-0.25, -0.2) is 4.98 Å². The molecule has 0 radical (unpaired) electrons. The average molecular weight is 368 g/mol. The van der Waals surface area contributed by atoms with Gasteiger partial charge in [-0.3, -0.25) is 4.79 Å². The SMILES string of the molecule is Cc1ccc2nc(SCC(=O)Nc3ccc(Cl)cc3)c(C#N)cc2c1. The van der Waals surface area contributed by atoms with E-state index in [9.17, 15) is 10.1 Å². The standard InChI is InChI=1S/C19H14ClN3OS/c1-12-2-7-17-13(8-12)9-14(10-21)19(23-17)25-11-18(24)22-16-5-3-15(20)4-6-16/h2-9H,11H2,1H3,(H,22,24). The zero-order valence-electron chi connectivity index (χ0n) is 13.4. The van der Waals surface area contributed by atoms with Gasteiger partial charge in [0.05, 0.1) is 16.8 Å². The number of pyridine rings is 1. The molecule has 0 aliphatic carbocycles. The van der Waals surface area contributed by atoms with Gasteiger partial charge in [0.1, 0.15) is 11.1 Å². The van der Waals surface area contributed by atoms with Crippen LogP contribution in [0.4, 0.5) is 5.69 Å². The third-order valence-corrected chi connectivity index (χ3v) is 4.77. The Balaban J connectivity index is 1.73. The van der Waals surface area contributed by atoms with Gasteiger partial charge in [-0.1, -0.05) is 35.0 Å². The van der Waals surface area contributed by atoms with Crippen LogP contribution in [0.15, 0.2) is 53.6 Å². The lowest BCUT2D eigenvalue weighted by Gasteiger charge is -2.07. The summed E-state index contributed by atoms with van der Waals surface area (Å²) in [7, 11) is 0.